The highest BCUT2D eigenvalue weighted by molar-refractivity contribution is 5.79. The molecule has 0 saturated heterocycles. The van der Waals surface area contributed by atoms with E-state index in [0.717, 1.165) is 0 Å². The van der Waals surface area contributed by atoms with Gasteiger partial charge in [0.2, 0.25) is 0 Å². The topological polar surface area (TPSA) is 56.7 Å². The molecule has 0 unspecified atom stereocenters. The van der Waals surface area contributed by atoms with Gasteiger partial charge in [0, 0.05) is 6.54 Å². The van der Waals surface area contributed by atoms with Crippen LogP contribution in [0.4, 0.5) is 4.39 Å². The van der Waals surface area contributed by atoms with Crippen molar-refractivity contribution in [2.75, 3.05) is 13.2 Å². The fourth-order valence-corrected chi connectivity index (χ4v) is 0.345. The highest BCUT2D eigenvalue weighted by atomic mass is 19.1. The lowest BCUT2D eigenvalue weighted by atomic mass is 10.3. The molecule has 1 atom stereocenters. The second kappa shape index (κ2) is 4.26. The Morgan fingerprint density at radius 2 is 2.44 bits per heavy atom. The average Bonchev–Trinajstić information content (AvgIpc) is 1.82. The number of alkyl halides is 1. The molecule has 0 bridgehead atoms. The Hall–Kier alpha value is -0.640. The van der Waals surface area contributed by atoms with E-state index in [1.54, 1.807) is 6.92 Å². The smallest absolute Gasteiger partial charge is 0.277 e. The normalized spacial score (nSPS) is 12.8. The van der Waals surface area contributed by atoms with Crippen LogP contribution in [0.2, 0.25) is 0 Å². The summed E-state index contributed by atoms with van der Waals surface area (Å²) in [5.41, 5.74) is 3.46. The van der Waals surface area contributed by atoms with Gasteiger partial charge in [-0.05, 0) is 6.92 Å². The van der Waals surface area contributed by atoms with Gasteiger partial charge in [-0.2, -0.15) is 0 Å². The number of halogens is 1. The third kappa shape index (κ3) is 3.90. The van der Waals surface area contributed by atoms with Gasteiger partial charge in [-0.25, -0.2) is 4.39 Å². The molecule has 0 heterocycles. The molecule has 1 amide bonds. The molecule has 0 rings (SSSR count). The quantitative estimate of drug-likeness (QED) is 0.496. The lowest BCUT2D eigenvalue weighted by molar-refractivity contribution is -0.398. The van der Waals surface area contributed by atoms with Crippen LogP contribution < -0.4 is 11.1 Å². The minimum atomic E-state index is -0.515. The zero-order valence-corrected chi connectivity index (χ0v) is 5.48. The Morgan fingerprint density at radius 3 is 2.78 bits per heavy atom. The van der Waals surface area contributed by atoms with Crippen LogP contribution >= 0.6 is 0 Å². The number of carbonyl (C=O) groups is 1. The molecule has 0 aliphatic rings. The number of amides is 1. The molecule has 0 radical (unpaired) electrons. The summed E-state index contributed by atoms with van der Waals surface area (Å²) in [6.45, 7) is 1.24. The fourth-order valence-electron chi connectivity index (χ4n) is 0.345. The van der Waals surface area contributed by atoms with Crippen molar-refractivity contribution in [1.29, 1.82) is 0 Å². The molecule has 54 valence electrons. The standard InChI is InChI=1S/C5H11FN2O/c1-4(7)5(9)8-3-2-6/h4H,2-3,7H2,1H3,(H,8,9)/p+1/t4-/m1/s1. The largest absolute Gasteiger partial charge is 0.348 e. The summed E-state index contributed by atoms with van der Waals surface area (Å²) in [4.78, 5) is 10.6. The molecule has 0 aromatic rings. The average molecular weight is 135 g/mol. The monoisotopic (exact) mass is 135 g/mol. The fraction of sp³-hybridized carbons (Fsp3) is 0.800. The van der Waals surface area contributed by atoms with E-state index < -0.39 is 6.67 Å². The highest BCUT2D eigenvalue weighted by Gasteiger charge is 2.07. The minimum absolute atomic E-state index is 0.0959. The van der Waals surface area contributed by atoms with Crippen LogP contribution in [0.3, 0.4) is 0 Å². The summed E-state index contributed by atoms with van der Waals surface area (Å²) in [6, 6.07) is -0.295. The first-order valence-electron chi connectivity index (χ1n) is 2.85. The molecule has 0 aromatic heterocycles. The van der Waals surface area contributed by atoms with Crippen molar-refractivity contribution in [2.45, 2.75) is 13.0 Å². The maximum atomic E-state index is 11.4. The van der Waals surface area contributed by atoms with E-state index in [-0.39, 0.29) is 18.5 Å². The van der Waals surface area contributed by atoms with Crippen molar-refractivity contribution in [3.05, 3.63) is 0 Å². The molecular formula is C5H12FN2O+. The van der Waals surface area contributed by atoms with E-state index in [4.69, 9.17) is 0 Å². The van der Waals surface area contributed by atoms with Gasteiger partial charge < -0.3 is 11.1 Å². The van der Waals surface area contributed by atoms with Crippen LogP contribution in [0.25, 0.3) is 0 Å². The van der Waals surface area contributed by atoms with Crippen molar-refractivity contribution >= 4 is 5.91 Å². The van der Waals surface area contributed by atoms with E-state index in [0.29, 0.717) is 0 Å². The van der Waals surface area contributed by atoms with Crippen molar-refractivity contribution in [2.24, 2.45) is 0 Å². The lowest BCUT2D eigenvalue weighted by Crippen LogP contribution is -2.65. The predicted octanol–water partition coefficient (Wildman–Crippen LogP) is -1.30. The van der Waals surface area contributed by atoms with E-state index in [1.165, 1.54) is 0 Å². The second-order valence-electron chi connectivity index (χ2n) is 1.88. The van der Waals surface area contributed by atoms with Crippen molar-refractivity contribution in [1.82, 2.24) is 5.32 Å². The molecule has 0 aliphatic heterocycles. The molecule has 3 nitrogen and oxygen atoms in total. The van der Waals surface area contributed by atoms with Gasteiger partial charge >= 0.3 is 0 Å². The van der Waals surface area contributed by atoms with E-state index in [1.807, 2.05) is 0 Å². The third-order valence-corrected chi connectivity index (χ3v) is 0.841. The summed E-state index contributed by atoms with van der Waals surface area (Å²) < 4.78 is 11.4. The summed E-state index contributed by atoms with van der Waals surface area (Å²) in [5.74, 6) is -0.201. The van der Waals surface area contributed by atoms with E-state index >= 15 is 0 Å². The van der Waals surface area contributed by atoms with Crippen molar-refractivity contribution < 1.29 is 14.9 Å². The van der Waals surface area contributed by atoms with Crippen LogP contribution in [0.15, 0.2) is 0 Å². The second-order valence-corrected chi connectivity index (χ2v) is 1.88. The van der Waals surface area contributed by atoms with Gasteiger partial charge in [0.25, 0.3) is 5.91 Å². The highest BCUT2D eigenvalue weighted by Crippen LogP contribution is 1.71. The van der Waals surface area contributed by atoms with Crippen LogP contribution in [0.1, 0.15) is 6.92 Å². The first-order valence-corrected chi connectivity index (χ1v) is 2.85. The zero-order valence-electron chi connectivity index (χ0n) is 5.48. The zero-order chi connectivity index (χ0) is 7.28. The van der Waals surface area contributed by atoms with Gasteiger partial charge in [0.05, 0.1) is 0 Å². The van der Waals surface area contributed by atoms with Crippen molar-refractivity contribution in [3.63, 3.8) is 0 Å². The molecule has 0 aliphatic carbocycles. The summed E-state index contributed by atoms with van der Waals surface area (Å²) in [7, 11) is 0. The number of nitrogens with one attached hydrogen (secondary N) is 1. The van der Waals surface area contributed by atoms with Crippen LogP contribution in [-0.4, -0.2) is 25.2 Å². The molecule has 0 fully saturated rings. The third-order valence-electron chi connectivity index (χ3n) is 0.841. The summed E-state index contributed by atoms with van der Waals surface area (Å²) >= 11 is 0. The van der Waals surface area contributed by atoms with Crippen LogP contribution in [0.5, 0.6) is 0 Å². The number of quaternary nitrogens is 1. The minimum Gasteiger partial charge on any atom is -0.348 e. The first-order chi connectivity index (χ1) is 4.18. The predicted molar refractivity (Wildman–Crippen MR) is 31.3 cm³/mol. The lowest BCUT2D eigenvalue weighted by Gasteiger charge is -2.01. The SMILES string of the molecule is C[C@@H]([NH3+])C(=O)NCCF. The van der Waals surface area contributed by atoms with Gasteiger partial charge in [0.15, 0.2) is 6.04 Å². The van der Waals surface area contributed by atoms with Gasteiger partial charge in [-0.3, -0.25) is 4.79 Å². The number of hydrogen-bond acceptors (Lipinski definition) is 1. The van der Waals surface area contributed by atoms with Crippen LogP contribution in [0, 0.1) is 0 Å². The van der Waals surface area contributed by atoms with Gasteiger partial charge in [-0.15, -0.1) is 0 Å². The van der Waals surface area contributed by atoms with E-state index in [9.17, 15) is 9.18 Å². The Bertz CT molecular complexity index is 95.0. The summed E-state index contributed by atoms with van der Waals surface area (Å²) in [5, 5.41) is 2.36. The molecule has 9 heavy (non-hydrogen) atoms. The Morgan fingerprint density at radius 1 is 1.89 bits per heavy atom. The Balaban J connectivity index is 3.28. The Kier molecular flexibility index (Phi) is 3.96. The molecule has 4 N–H and O–H groups in total. The molecular weight excluding hydrogens is 123 g/mol. The number of rotatable bonds is 3. The van der Waals surface area contributed by atoms with Gasteiger partial charge in [0.1, 0.15) is 6.67 Å². The summed E-state index contributed by atoms with van der Waals surface area (Å²) in [6.07, 6.45) is 0. The number of carbonyl (C=O) groups excluding carboxylic acids is 1. The first kappa shape index (κ1) is 8.36. The molecule has 0 spiro atoms. The molecule has 4 heteroatoms. The Labute approximate surface area is 53.4 Å². The number of hydrogen-bond donors (Lipinski definition) is 2. The van der Waals surface area contributed by atoms with Gasteiger partial charge in [-0.1, -0.05) is 0 Å². The van der Waals surface area contributed by atoms with E-state index in [2.05, 4.69) is 11.1 Å². The molecule has 0 aromatic carbocycles. The molecule has 0 saturated carbocycles. The maximum absolute atomic E-state index is 11.4. The maximum Gasteiger partial charge on any atom is 0.277 e. The van der Waals surface area contributed by atoms with Crippen LogP contribution in [-0.2, 0) is 4.79 Å². The van der Waals surface area contributed by atoms with Crippen molar-refractivity contribution in [3.8, 4) is 0 Å².